The second kappa shape index (κ2) is 11.1. The standard InChI is InChI=1S/C34H24F3N5O/c1-20-12-13-39-18-27(20)26-14-23-16-29(41-33(43)25-15-24(25)17-38)40-19-28(23)32(30(26)34(35,36)37)42-31(21-8-4-2-5-9-21)22-10-6-3-7-11-22/h2-14,16,18-19,24-25H,15H2,1H3,(H,40,41,43)/t24-,25+/m1/s1. The molecule has 0 aliphatic heterocycles. The molecule has 0 radical (unpaired) electrons. The molecule has 0 unspecified atom stereocenters. The van der Waals surface area contributed by atoms with E-state index in [1.54, 1.807) is 61.5 Å². The molecule has 43 heavy (non-hydrogen) atoms. The largest absolute Gasteiger partial charge is 0.419 e. The summed E-state index contributed by atoms with van der Waals surface area (Å²) in [4.78, 5) is 25.8. The molecule has 1 aliphatic carbocycles. The smallest absolute Gasteiger partial charge is 0.310 e. The van der Waals surface area contributed by atoms with Gasteiger partial charge in [0.25, 0.3) is 0 Å². The van der Waals surface area contributed by atoms with Crippen LogP contribution < -0.4 is 5.32 Å². The van der Waals surface area contributed by atoms with Crippen molar-refractivity contribution in [3.8, 4) is 17.2 Å². The average Bonchev–Trinajstić information content (AvgIpc) is 3.80. The molecule has 1 saturated carbocycles. The lowest BCUT2D eigenvalue weighted by molar-refractivity contribution is -0.136. The van der Waals surface area contributed by atoms with Crippen molar-refractivity contribution in [2.75, 3.05) is 5.32 Å². The maximum Gasteiger partial charge on any atom is 0.419 e. The number of benzene rings is 3. The summed E-state index contributed by atoms with van der Waals surface area (Å²) in [6.45, 7) is 1.73. The molecular formula is C34H24F3N5O. The molecule has 6 rings (SSSR count). The Bertz CT molecular complexity index is 1870. The number of pyridine rings is 2. The summed E-state index contributed by atoms with van der Waals surface area (Å²) < 4.78 is 45.4. The van der Waals surface area contributed by atoms with Crippen molar-refractivity contribution in [3.05, 3.63) is 120 Å². The zero-order valence-corrected chi connectivity index (χ0v) is 22.9. The predicted octanol–water partition coefficient (Wildman–Crippen LogP) is 7.89. The second-order valence-electron chi connectivity index (χ2n) is 10.4. The van der Waals surface area contributed by atoms with Crippen LogP contribution in [0.5, 0.6) is 0 Å². The molecule has 1 fully saturated rings. The molecule has 0 saturated heterocycles. The van der Waals surface area contributed by atoms with Crippen LogP contribution in [0, 0.1) is 30.1 Å². The van der Waals surface area contributed by atoms with Crippen molar-refractivity contribution < 1.29 is 18.0 Å². The summed E-state index contributed by atoms with van der Waals surface area (Å²) in [5.74, 6) is -0.938. The Labute approximate surface area is 245 Å². The van der Waals surface area contributed by atoms with Gasteiger partial charge in [0.2, 0.25) is 5.91 Å². The number of fused-ring (bicyclic) bond motifs is 1. The van der Waals surface area contributed by atoms with E-state index in [0.717, 1.165) is 0 Å². The van der Waals surface area contributed by atoms with E-state index in [0.29, 0.717) is 39.8 Å². The zero-order valence-electron chi connectivity index (χ0n) is 22.9. The van der Waals surface area contributed by atoms with E-state index in [1.807, 2.05) is 12.1 Å². The lowest BCUT2D eigenvalue weighted by Crippen LogP contribution is -2.15. The number of amides is 1. The Kier molecular flexibility index (Phi) is 7.20. The van der Waals surface area contributed by atoms with E-state index in [1.165, 1.54) is 30.7 Å². The van der Waals surface area contributed by atoms with Gasteiger partial charge in [-0.2, -0.15) is 18.4 Å². The van der Waals surface area contributed by atoms with Crippen LogP contribution in [0.1, 0.15) is 28.7 Å². The SMILES string of the molecule is Cc1ccncc1-c1cc2cc(NC(=O)[C@H]3C[C@@H]3C#N)ncc2c(N=C(c2ccccc2)c2ccccc2)c1C(F)(F)F. The number of aryl methyl sites for hydroxylation is 1. The molecule has 3 aromatic carbocycles. The fourth-order valence-corrected chi connectivity index (χ4v) is 5.15. The van der Waals surface area contributed by atoms with E-state index in [9.17, 15) is 4.79 Å². The van der Waals surface area contributed by atoms with Crippen LogP contribution in [-0.4, -0.2) is 21.6 Å². The summed E-state index contributed by atoms with van der Waals surface area (Å²) in [5.41, 5.74) is 1.29. The number of hydrogen-bond donors (Lipinski definition) is 1. The zero-order chi connectivity index (χ0) is 30.1. The molecular weight excluding hydrogens is 551 g/mol. The van der Waals surface area contributed by atoms with Crippen molar-refractivity contribution in [3.63, 3.8) is 0 Å². The number of aliphatic imine (C=N–C) groups is 1. The molecule has 6 nitrogen and oxygen atoms in total. The highest BCUT2D eigenvalue weighted by molar-refractivity contribution is 6.15. The summed E-state index contributed by atoms with van der Waals surface area (Å²) >= 11 is 0. The summed E-state index contributed by atoms with van der Waals surface area (Å²) in [5, 5.41) is 12.4. The number of nitrogens with zero attached hydrogens (tertiary/aromatic N) is 4. The fourth-order valence-electron chi connectivity index (χ4n) is 5.15. The Morgan fingerprint density at radius 1 is 0.977 bits per heavy atom. The van der Waals surface area contributed by atoms with Gasteiger partial charge in [0.15, 0.2) is 0 Å². The minimum absolute atomic E-state index is 0.0833. The highest BCUT2D eigenvalue weighted by Gasteiger charge is 2.43. The molecule has 2 atom stereocenters. The molecule has 5 aromatic rings. The number of carbonyl (C=O) groups excluding carboxylic acids is 1. The number of hydrogen-bond acceptors (Lipinski definition) is 5. The topological polar surface area (TPSA) is 91.0 Å². The summed E-state index contributed by atoms with van der Waals surface area (Å²) in [6.07, 6.45) is -0.0715. The Morgan fingerprint density at radius 2 is 1.65 bits per heavy atom. The minimum Gasteiger partial charge on any atom is -0.310 e. The quantitative estimate of drug-likeness (QED) is 0.209. The van der Waals surface area contributed by atoms with Crippen LogP contribution in [0.4, 0.5) is 24.7 Å². The summed E-state index contributed by atoms with van der Waals surface area (Å²) in [7, 11) is 0. The molecule has 9 heteroatoms. The Hall–Kier alpha value is -5.36. The Balaban J connectivity index is 1.64. The van der Waals surface area contributed by atoms with Crippen LogP contribution in [0.3, 0.4) is 0 Å². The number of alkyl halides is 3. The first-order chi connectivity index (χ1) is 20.7. The molecule has 1 amide bonds. The van der Waals surface area contributed by atoms with Gasteiger partial charge in [-0.1, -0.05) is 60.7 Å². The van der Waals surface area contributed by atoms with Crippen molar-refractivity contribution in [1.29, 1.82) is 5.26 Å². The van der Waals surface area contributed by atoms with Crippen LogP contribution in [-0.2, 0) is 11.0 Å². The van der Waals surface area contributed by atoms with Gasteiger partial charge in [0.05, 0.1) is 34.9 Å². The normalized spacial score (nSPS) is 15.9. The number of carbonyl (C=O) groups is 1. The van der Waals surface area contributed by atoms with Gasteiger partial charge >= 0.3 is 6.18 Å². The third-order valence-electron chi connectivity index (χ3n) is 7.47. The fraction of sp³-hybridized carbons (Fsp3) is 0.147. The monoisotopic (exact) mass is 575 g/mol. The van der Waals surface area contributed by atoms with Gasteiger partial charge in [0, 0.05) is 40.7 Å². The number of anilines is 1. The van der Waals surface area contributed by atoms with E-state index >= 15 is 13.2 Å². The summed E-state index contributed by atoms with van der Waals surface area (Å²) in [6, 6.07) is 24.8. The van der Waals surface area contributed by atoms with Crippen LogP contribution in [0.2, 0.25) is 0 Å². The van der Waals surface area contributed by atoms with E-state index < -0.39 is 17.7 Å². The average molecular weight is 576 g/mol. The lowest BCUT2D eigenvalue weighted by Gasteiger charge is -2.20. The predicted molar refractivity (Wildman–Crippen MR) is 159 cm³/mol. The lowest BCUT2D eigenvalue weighted by atomic mass is 9.92. The van der Waals surface area contributed by atoms with Crippen LogP contribution in [0.15, 0.2) is 102 Å². The second-order valence-corrected chi connectivity index (χ2v) is 10.4. The first-order valence-corrected chi connectivity index (χ1v) is 13.6. The van der Waals surface area contributed by atoms with Gasteiger partial charge in [-0.25, -0.2) is 9.98 Å². The molecule has 212 valence electrons. The number of halogens is 3. The van der Waals surface area contributed by atoms with Gasteiger partial charge < -0.3 is 5.32 Å². The van der Waals surface area contributed by atoms with Crippen molar-refractivity contribution in [2.45, 2.75) is 19.5 Å². The maximum absolute atomic E-state index is 15.1. The van der Waals surface area contributed by atoms with Gasteiger partial charge in [0.1, 0.15) is 5.82 Å². The molecule has 1 N–H and O–H groups in total. The minimum atomic E-state index is -4.78. The van der Waals surface area contributed by atoms with Crippen molar-refractivity contribution in [1.82, 2.24) is 9.97 Å². The van der Waals surface area contributed by atoms with Crippen molar-refractivity contribution >= 4 is 33.9 Å². The maximum atomic E-state index is 15.1. The molecule has 0 bridgehead atoms. The third kappa shape index (κ3) is 5.60. The number of aromatic nitrogens is 2. The molecule has 1 aliphatic rings. The highest BCUT2D eigenvalue weighted by atomic mass is 19.4. The first-order valence-electron chi connectivity index (χ1n) is 13.6. The highest BCUT2D eigenvalue weighted by Crippen LogP contribution is 2.48. The number of nitriles is 1. The first kappa shape index (κ1) is 27.8. The molecule has 2 heterocycles. The van der Waals surface area contributed by atoms with Gasteiger partial charge in [-0.15, -0.1) is 0 Å². The van der Waals surface area contributed by atoms with E-state index in [4.69, 9.17) is 10.3 Å². The van der Waals surface area contributed by atoms with Gasteiger partial charge in [-0.3, -0.25) is 9.78 Å². The number of nitrogens with one attached hydrogen (secondary N) is 1. The van der Waals surface area contributed by atoms with E-state index in [-0.39, 0.29) is 34.3 Å². The van der Waals surface area contributed by atoms with Crippen LogP contribution in [0.25, 0.3) is 21.9 Å². The van der Waals surface area contributed by atoms with E-state index in [2.05, 4.69) is 21.4 Å². The molecule has 0 spiro atoms. The number of rotatable bonds is 6. The third-order valence-corrected chi connectivity index (χ3v) is 7.47. The van der Waals surface area contributed by atoms with Crippen molar-refractivity contribution in [2.24, 2.45) is 16.8 Å². The molecule has 2 aromatic heterocycles. The van der Waals surface area contributed by atoms with Crippen LogP contribution >= 0.6 is 0 Å². The Morgan fingerprint density at radius 3 is 2.23 bits per heavy atom. The van der Waals surface area contributed by atoms with Gasteiger partial charge in [-0.05, 0) is 48.1 Å².